The molecule has 0 aliphatic rings. The number of carbonyl (C=O) groups is 1. The first-order valence-corrected chi connectivity index (χ1v) is 15.7. The van der Waals surface area contributed by atoms with Gasteiger partial charge in [0, 0.05) is 17.5 Å². The van der Waals surface area contributed by atoms with Gasteiger partial charge in [0.1, 0.15) is 27.2 Å². The van der Waals surface area contributed by atoms with Crippen molar-refractivity contribution in [1.29, 1.82) is 10.5 Å². The lowest BCUT2D eigenvalue weighted by Gasteiger charge is -2.29. The SMILES string of the molecule is [C-]#[N+]COc1ccc(C#N)cc1[C@H](Cn1c(=O)n(C(C)(C)C(=O)CC(C)C)c(=O)c2c(C)c(-n3nccn3)sc21)OCC(C)(C)C#N. The number of Topliss-reactive ketones (excluding diaryl/α,β-unsaturated/α-hetero) is 1. The van der Waals surface area contributed by atoms with Gasteiger partial charge >= 0.3 is 12.4 Å². The molecule has 4 aromatic rings. The summed E-state index contributed by atoms with van der Waals surface area (Å²) in [6, 6.07) is 8.94. The van der Waals surface area contributed by atoms with Crippen molar-refractivity contribution in [3.05, 3.63) is 79.5 Å². The third-order valence-corrected chi connectivity index (χ3v) is 8.97. The third-order valence-electron chi connectivity index (χ3n) is 7.69. The van der Waals surface area contributed by atoms with E-state index >= 15 is 0 Å². The van der Waals surface area contributed by atoms with E-state index in [1.165, 1.54) is 21.8 Å². The number of thiophene rings is 1. The smallest absolute Gasteiger partial charge is 0.357 e. The van der Waals surface area contributed by atoms with Crippen molar-refractivity contribution in [2.24, 2.45) is 11.3 Å². The monoisotopic (exact) mass is 656 g/mol. The second-order valence-corrected chi connectivity index (χ2v) is 13.7. The summed E-state index contributed by atoms with van der Waals surface area (Å²) in [4.78, 5) is 47.3. The number of fused-ring (bicyclic) bond motifs is 1. The Morgan fingerprint density at radius 3 is 2.43 bits per heavy atom. The van der Waals surface area contributed by atoms with Crippen LogP contribution in [0.2, 0.25) is 0 Å². The van der Waals surface area contributed by atoms with E-state index in [1.807, 2.05) is 13.8 Å². The number of nitriles is 2. The van der Waals surface area contributed by atoms with Gasteiger partial charge in [-0.2, -0.15) is 20.7 Å². The molecule has 3 heterocycles. The molecule has 3 aromatic heterocycles. The summed E-state index contributed by atoms with van der Waals surface area (Å²) in [7, 11) is 0. The first-order valence-electron chi connectivity index (χ1n) is 14.9. The third kappa shape index (κ3) is 7.02. The van der Waals surface area contributed by atoms with Gasteiger partial charge < -0.3 is 9.47 Å². The molecule has 0 aliphatic carbocycles. The molecule has 47 heavy (non-hydrogen) atoms. The Balaban J connectivity index is 2.06. The molecular formula is C33H36N8O5S. The normalized spacial score (nSPS) is 12.4. The van der Waals surface area contributed by atoms with Crippen molar-refractivity contribution in [3.63, 3.8) is 0 Å². The number of benzene rings is 1. The van der Waals surface area contributed by atoms with Gasteiger partial charge in [-0.3, -0.25) is 19.0 Å². The molecule has 0 radical (unpaired) electrons. The van der Waals surface area contributed by atoms with Crippen LogP contribution in [0.1, 0.15) is 70.8 Å². The maximum absolute atomic E-state index is 14.6. The maximum atomic E-state index is 14.6. The highest BCUT2D eigenvalue weighted by atomic mass is 32.1. The first-order chi connectivity index (χ1) is 22.2. The van der Waals surface area contributed by atoms with Gasteiger partial charge in [0.2, 0.25) is 0 Å². The quantitative estimate of drug-likeness (QED) is 0.182. The van der Waals surface area contributed by atoms with Gasteiger partial charge in [0.05, 0.1) is 54.0 Å². The fraction of sp³-hybridized carbons (Fsp3) is 0.455. The van der Waals surface area contributed by atoms with E-state index in [0.29, 0.717) is 21.0 Å². The fourth-order valence-electron chi connectivity index (χ4n) is 5.10. The van der Waals surface area contributed by atoms with Gasteiger partial charge in [-0.1, -0.05) is 25.2 Å². The second-order valence-electron chi connectivity index (χ2n) is 12.7. The Kier molecular flexibility index (Phi) is 10.1. The minimum absolute atomic E-state index is 0.00799. The van der Waals surface area contributed by atoms with Crippen molar-refractivity contribution in [2.45, 2.75) is 73.1 Å². The second kappa shape index (κ2) is 13.7. The summed E-state index contributed by atoms with van der Waals surface area (Å²) in [5.74, 6) is -0.0282. The Labute approximate surface area is 276 Å². The van der Waals surface area contributed by atoms with E-state index in [2.05, 4.69) is 27.2 Å². The maximum Gasteiger partial charge on any atom is 0.357 e. The van der Waals surface area contributed by atoms with Crippen LogP contribution in [0.3, 0.4) is 0 Å². The summed E-state index contributed by atoms with van der Waals surface area (Å²) in [6.07, 6.45) is 2.15. The molecule has 13 nitrogen and oxygen atoms in total. The predicted molar refractivity (Wildman–Crippen MR) is 175 cm³/mol. The van der Waals surface area contributed by atoms with Crippen LogP contribution in [0.15, 0.2) is 40.2 Å². The lowest BCUT2D eigenvalue weighted by atomic mass is 9.91. The molecule has 14 heteroatoms. The number of ether oxygens (including phenoxy) is 2. The molecule has 1 atom stereocenters. The van der Waals surface area contributed by atoms with Crippen LogP contribution >= 0.6 is 11.3 Å². The molecule has 0 saturated carbocycles. The van der Waals surface area contributed by atoms with Crippen LogP contribution in [0.5, 0.6) is 5.75 Å². The number of aromatic nitrogens is 5. The standard InChI is InChI=1S/C33H36N8O5S/c1-20(2)13-26(42)33(6,7)40-28(43)27-21(3)29(41-37-11-12-38-41)47-30(27)39(31(40)44)16-25(45-18-32(4,5)17-35)23-14-22(15-34)9-10-24(23)46-19-36-8/h9-12,14,20,25H,13,16,18-19H2,1-7H3/t25-/m0/s1. The molecule has 0 unspecified atom stereocenters. The summed E-state index contributed by atoms with van der Waals surface area (Å²) < 4.78 is 14.4. The molecule has 0 amide bonds. The molecular weight excluding hydrogens is 620 g/mol. The topological polar surface area (TPSA) is 162 Å². The largest absolute Gasteiger partial charge is 0.425 e. The highest BCUT2D eigenvalue weighted by Crippen LogP contribution is 2.35. The molecule has 0 N–H and O–H groups in total. The van der Waals surface area contributed by atoms with Crippen LogP contribution in [0.4, 0.5) is 0 Å². The molecule has 0 fully saturated rings. The first kappa shape index (κ1) is 34.8. The van der Waals surface area contributed by atoms with Crippen LogP contribution in [0.25, 0.3) is 20.1 Å². The zero-order valence-electron chi connectivity index (χ0n) is 27.4. The summed E-state index contributed by atoms with van der Waals surface area (Å²) in [5, 5.41) is 28.6. The highest BCUT2D eigenvalue weighted by Gasteiger charge is 2.36. The molecule has 0 spiro atoms. The van der Waals surface area contributed by atoms with Gasteiger partial charge in [-0.05, 0) is 58.7 Å². The molecule has 0 aliphatic heterocycles. The van der Waals surface area contributed by atoms with E-state index in [9.17, 15) is 24.9 Å². The molecule has 4 rings (SSSR count). The van der Waals surface area contributed by atoms with Gasteiger partial charge in [0.15, 0.2) is 5.78 Å². The number of aryl methyl sites for hydroxylation is 1. The van der Waals surface area contributed by atoms with Crippen molar-refractivity contribution >= 4 is 27.3 Å². The van der Waals surface area contributed by atoms with Gasteiger partial charge in [-0.15, -0.1) is 4.80 Å². The Morgan fingerprint density at radius 2 is 1.83 bits per heavy atom. The number of hydrogen-bond acceptors (Lipinski definition) is 10. The van der Waals surface area contributed by atoms with Crippen molar-refractivity contribution < 1.29 is 14.3 Å². The lowest BCUT2D eigenvalue weighted by Crippen LogP contribution is -2.53. The zero-order valence-corrected chi connectivity index (χ0v) is 28.2. The van der Waals surface area contributed by atoms with E-state index in [4.69, 9.17) is 16.0 Å². The van der Waals surface area contributed by atoms with Crippen LogP contribution in [-0.2, 0) is 21.6 Å². The number of ketones is 1. The van der Waals surface area contributed by atoms with Crippen molar-refractivity contribution in [1.82, 2.24) is 24.1 Å². The average Bonchev–Trinajstić information content (AvgIpc) is 3.67. The minimum Gasteiger partial charge on any atom is -0.425 e. The molecule has 0 bridgehead atoms. The highest BCUT2D eigenvalue weighted by molar-refractivity contribution is 7.21. The number of nitrogens with zero attached hydrogens (tertiary/aromatic N) is 8. The summed E-state index contributed by atoms with van der Waals surface area (Å²) >= 11 is 1.14. The summed E-state index contributed by atoms with van der Waals surface area (Å²) in [6.45, 7) is 18.7. The average molecular weight is 657 g/mol. The Bertz CT molecular complexity index is 2050. The van der Waals surface area contributed by atoms with Crippen molar-refractivity contribution in [2.75, 3.05) is 13.3 Å². The Hall–Kier alpha value is -5.10. The van der Waals surface area contributed by atoms with Gasteiger partial charge in [0.25, 0.3) is 5.56 Å². The summed E-state index contributed by atoms with van der Waals surface area (Å²) in [5.41, 5.74) is -2.61. The minimum atomic E-state index is -1.50. The Morgan fingerprint density at radius 1 is 1.15 bits per heavy atom. The fourth-order valence-corrected chi connectivity index (χ4v) is 6.32. The van der Waals surface area contributed by atoms with Crippen LogP contribution in [-0.4, -0.2) is 43.2 Å². The molecule has 244 valence electrons. The van der Waals surface area contributed by atoms with Gasteiger partial charge in [-0.25, -0.2) is 15.9 Å². The number of hydrogen-bond donors (Lipinski definition) is 0. The van der Waals surface area contributed by atoms with Crippen molar-refractivity contribution in [3.8, 4) is 22.9 Å². The predicted octanol–water partition coefficient (Wildman–Crippen LogP) is 4.90. The van der Waals surface area contributed by atoms with E-state index in [1.54, 1.807) is 52.8 Å². The van der Waals surface area contributed by atoms with E-state index < -0.39 is 28.3 Å². The molecule has 1 aromatic carbocycles. The molecule has 0 saturated heterocycles. The number of rotatable bonds is 13. The zero-order chi connectivity index (χ0) is 34.7. The van der Waals surface area contributed by atoms with E-state index in [0.717, 1.165) is 15.9 Å². The van der Waals surface area contributed by atoms with Crippen LogP contribution in [0, 0.1) is 47.5 Å². The van der Waals surface area contributed by atoms with E-state index in [-0.39, 0.29) is 54.7 Å². The van der Waals surface area contributed by atoms with Crippen LogP contribution < -0.4 is 16.0 Å². The lowest BCUT2D eigenvalue weighted by molar-refractivity contribution is -0.127. The number of carbonyl (C=O) groups excluding carboxylic acids is 1.